The maximum Gasteiger partial charge on any atom is 0.277 e. The fourth-order valence-corrected chi connectivity index (χ4v) is 2.54. The fraction of sp³-hybridized carbons (Fsp3) is 0.111. The Morgan fingerprint density at radius 3 is 2.64 bits per heavy atom. The molecule has 0 aliphatic heterocycles. The lowest BCUT2D eigenvalue weighted by Crippen LogP contribution is -2.09. The van der Waals surface area contributed by atoms with Crippen LogP contribution in [0.1, 0.15) is 17.2 Å². The van der Waals surface area contributed by atoms with Crippen LogP contribution in [0.15, 0.2) is 60.9 Å². The molecule has 124 valence electrons. The molecule has 0 aliphatic carbocycles. The number of benzene rings is 2. The topological polar surface area (TPSA) is 105 Å². The SMILES string of the molecule is N#Cc1ccc(C(O)Cn2cc(-c3ccccc3[N+](=O)[O-])cn2)cc1. The van der Waals surface area contributed by atoms with Gasteiger partial charge in [-0.3, -0.25) is 14.8 Å². The monoisotopic (exact) mass is 334 g/mol. The van der Waals surface area contributed by atoms with Gasteiger partial charge >= 0.3 is 0 Å². The number of hydrogen-bond acceptors (Lipinski definition) is 5. The number of aliphatic hydroxyl groups is 1. The predicted octanol–water partition coefficient (Wildman–Crippen LogP) is 3.06. The van der Waals surface area contributed by atoms with Crippen molar-refractivity contribution >= 4 is 5.69 Å². The molecule has 0 bridgehead atoms. The molecular weight excluding hydrogens is 320 g/mol. The van der Waals surface area contributed by atoms with Gasteiger partial charge in [-0.25, -0.2) is 0 Å². The zero-order valence-electron chi connectivity index (χ0n) is 13.1. The molecule has 0 spiro atoms. The van der Waals surface area contributed by atoms with Gasteiger partial charge in [0.15, 0.2) is 0 Å². The summed E-state index contributed by atoms with van der Waals surface area (Å²) in [6.07, 6.45) is 2.40. The van der Waals surface area contributed by atoms with Crippen LogP contribution in [0.3, 0.4) is 0 Å². The number of para-hydroxylation sites is 1. The minimum atomic E-state index is -0.800. The van der Waals surface area contributed by atoms with Crippen LogP contribution >= 0.6 is 0 Å². The Balaban J connectivity index is 1.80. The van der Waals surface area contributed by atoms with Crippen molar-refractivity contribution in [2.75, 3.05) is 0 Å². The van der Waals surface area contributed by atoms with Crippen LogP contribution in [0.25, 0.3) is 11.1 Å². The largest absolute Gasteiger partial charge is 0.386 e. The van der Waals surface area contributed by atoms with Gasteiger partial charge in [-0.05, 0) is 23.8 Å². The Bertz CT molecular complexity index is 941. The minimum Gasteiger partial charge on any atom is -0.386 e. The van der Waals surface area contributed by atoms with Crippen molar-refractivity contribution in [1.29, 1.82) is 5.26 Å². The molecule has 1 atom stereocenters. The molecule has 1 N–H and O–H groups in total. The molecule has 0 fully saturated rings. The molecule has 3 aromatic rings. The summed E-state index contributed by atoms with van der Waals surface area (Å²) in [4.78, 5) is 10.7. The molecule has 7 nitrogen and oxygen atoms in total. The lowest BCUT2D eigenvalue weighted by Gasteiger charge is -2.11. The van der Waals surface area contributed by atoms with Gasteiger partial charge in [-0.15, -0.1) is 0 Å². The number of rotatable bonds is 5. The van der Waals surface area contributed by atoms with E-state index in [-0.39, 0.29) is 12.2 Å². The van der Waals surface area contributed by atoms with E-state index >= 15 is 0 Å². The Morgan fingerprint density at radius 1 is 1.24 bits per heavy atom. The average molecular weight is 334 g/mol. The molecule has 0 saturated carbocycles. The van der Waals surface area contributed by atoms with Gasteiger partial charge in [0.25, 0.3) is 5.69 Å². The second kappa shape index (κ2) is 6.95. The Morgan fingerprint density at radius 2 is 1.96 bits per heavy atom. The standard InChI is InChI=1S/C18H14N4O3/c19-9-13-5-7-14(8-6-13)18(23)12-21-11-15(10-20-21)16-3-1-2-4-17(16)22(24)25/h1-8,10-11,18,23H,12H2. The molecule has 7 heteroatoms. The van der Waals surface area contributed by atoms with Gasteiger partial charge in [0.1, 0.15) is 0 Å². The van der Waals surface area contributed by atoms with Crippen molar-refractivity contribution < 1.29 is 10.0 Å². The van der Waals surface area contributed by atoms with Crippen molar-refractivity contribution in [3.63, 3.8) is 0 Å². The maximum absolute atomic E-state index is 11.1. The van der Waals surface area contributed by atoms with Crippen LogP contribution in [-0.2, 0) is 6.54 Å². The van der Waals surface area contributed by atoms with Crippen LogP contribution in [0.2, 0.25) is 0 Å². The van der Waals surface area contributed by atoms with E-state index in [1.807, 2.05) is 6.07 Å². The van der Waals surface area contributed by atoms with Crippen LogP contribution < -0.4 is 0 Å². The molecule has 2 aromatic carbocycles. The minimum absolute atomic E-state index is 0.00897. The Labute approximate surface area is 143 Å². The first kappa shape index (κ1) is 16.4. The number of nitro groups is 1. The summed E-state index contributed by atoms with van der Waals surface area (Å²) < 4.78 is 1.54. The van der Waals surface area contributed by atoms with Crippen LogP contribution in [0.5, 0.6) is 0 Å². The van der Waals surface area contributed by atoms with E-state index in [2.05, 4.69) is 5.10 Å². The fourth-order valence-electron chi connectivity index (χ4n) is 2.54. The molecule has 1 unspecified atom stereocenters. The lowest BCUT2D eigenvalue weighted by molar-refractivity contribution is -0.384. The average Bonchev–Trinajstić information content (AvgIpc) is 3.10. The number of nitro benzene ring substituents is 1. The summed E-state index contributed by atoms with van der Waals surface area (Å²) in [5, 5.41) is 34.4. The second-order valence-electron chi connectivity index (χ2n) is 5.47. The summed E-state index contributed by atoms with van der Waals surface area (Å²) in [5.41, 5.74) is 2.29. The van der Waals surface area contributed by atoms with Crippen molar-refractivity contribution in [3.8, 4) is 17.2 Å². The molecule has 0 amide bonds. The number of hydrogen-bond donors (Lipinski definition) is 1. The van der Waals surface area contributed by atoms with E-state index in [4.69, 9.17) is 5.26 Å². The van der Waals surface area contributed by atoms with E-state index in [0.717, 1.165) is 0 Å². The molecule has 0 radical (unpaired) electrons. The molecule has 1 aromatic heterocycles. The molecule has 1 heterocycles. The third-order valence-electron chi connectivity index (χ3n) is 3.83. The Hall–Kier alpha value is -3.50. The first-order valence-corrected chi connectivity index (χ1v) is 7.53. The van der Waals surface area contributed by atoms with Gasteiger partial charge in [0.2, 0.25) is 0 Å². The molecule has 3 rings (SSSR count). The quantitative estimate of drug-likeness (QED) is 0.570. The van der Waals surface area contributed by atoms with Gasteiger partial charge in [-0.2, -0.15) is 10.4 Å². The van der Waals surface area contributed by atoms with Crippen LogP contribution in [-0.4, -0.2) is 19.8 Å². The summed E-state index contributed by atoms with van der Waals surface area (Å²) in [6, 6.07) is 15.1. The van der Waals surface area contributed by atoms with Crippen LogP contribution in [0.4, 0.5) is 5.69 Å². The highest BCUT2D eigenvalue weighted by Gasteiger charge is 2.16. The van der Waals surface area contributed by atoms with Crippen molar-refractivity contribution in [3.05, 3.63) is 82.2 Å². The molecule has 0 saturated heterocycles. The predicted molar refractivity (Wildman–Crippen MR) is 90.4 cm³/mol. The third-order valence-corrected chi connectivity index (χ3v) is 3.83. The maximum atomic E-state index is 11.1. The van der Waals surface area contributed by atoms with Gasteiger partial charge in [-0.1, -0.05) is 24.3 Å². The van der Waals surface area contributed by atoms with E-state index in [1.54, 1.807) is 48.7 Å². The molecule has 25 heavy (non-hydrogen) atoms. The number of aliphatic hydroxyl groups excluding tert-OH is 1. The number of nitrogens with zero attached hydrogens (tertiary/aromatic N) is 4. The van der Waals surface area contributed by atoms with Gasteiger partial charge in [0, 0.05) is 17.8 Å². The summed E-state index contributed by atoms with van der Waals surface area (Å²) in [5.74, 6) is 0. The van der Waals surface area contributed by atoms with E-state index in [9.17, 15) is 15.2 Å². The van der Waals surface area contributed by atoms with Gasteiger partial charge in [0.05, 0.1) is 41.0 Å². The summed E-state index contributed by atoms with van der Waals surface area (Å²) in [6.45, 7) is 0.201. The van der Waals surface area contributed by atoms with E-state index < -0.39 is 11.0 Å². The number of aromatic nitrogens is 2. The molecular formula is C18H14N4O3. The molecule has 0 aliphatic rings. The van der Waals surface area contributed by atoms with Crippen molar-refractivity contribution in [1.82, 2.24) is 9.78 Å². The summed E-state index contributed by atoms with van der Waals surface area (Å²) in [7, 11) is 0. The van der Waals surface area contributed by atoms with Crippen molar-refractivity contribution in [2.24, 2.45) is 0 Å². The normalized spacial score (nSPS) is 11.7. The second-order valence-corrected chi connectivity index (χ2v) is 5.47. The van der Waals surface area contributed by atoms with Crippen LogP contribution in [0, 0.1) is 21.4 Å². The highest BCUT2D eigenvalue weighted by Crippen LogP contribution is 2.29. The smallest absolute Gasteiger partial charge is 0.277 e. The lowest BCUT2D eigenvalue weighted by atomic mass is 10.1. The van der Waals surface area contributed by atoms with E-state index in [1.165, 1.54) is 16.9 Å². The zero-order chi connectivity index (χ0) is 17.8. The Kier molecular flexibility index (Phi) is 4.55. The highest BCUT2D eigenvalue weighted by molar-refractivity contribution is 5.72. The first-order chi connectivity index (χ1) is 12.1. The summed E-state index contributed by atoms with van der Waals surface area (Å²) >= 11 is 0. The highest BCUT2D eigenvalue weighted by atomic mass is 16.6. The van der Waals surface area contributed by atoms with Crippen molar-refractivity contribution in [2.45, 2.75) is 12.6 Å². The number of nitriles is 1. The third kappa shape index (κ3) is 3.54. The van der Waals surface area contributed by atoms with E-state index in [0.29, 0.717) is 22.3 Å². The van der Waals surface area contributed by atoms with Gasteiger partial charge < -0.3 is 5.11 Å². The zero-order valence-corrected chi connectivity index (χ0v) is 13.1. The first-order valence-electron chi connectivity index (χ1n) is 7.53.